The van der Waals surface area contributed by atoms with E-state index in [1.165, 1.54) is 32.1 Å². The van der Waals surface area contributed by atoms with Gasteiger partial charge in [-0.15, -0.1) is 0 Å². The molecule has 4 bridgehead atoms. The van der Waals surface area contributed by atoms with Crippen LogP contribution in [0.5, 0.6) is 0 Å². The summed E-state index contributed by atoms with van der Waals surface area (Å²) >= 11 is 0. The van der Waals surface area contributed by atoms with Gasteiger partial charge in [0.25, 0.3) is 0 Å². The van der Waals surface area contributed by atoms with Gasteiger partial charge in [-0.2, -0.15) is 0 Å². The van der Waals surface area contributed by atoms with Crippen LogP contribution >= 0.6 is 0 Å². The Bertz CT molecular complexity index is 364. The highest BCUT2D eigenvalue weighted by molar-refractivity contribution is 5.22. The Morgan fingerprint density at radius 3 is 2.17 bits per heavy atom. The van der Waals surface area contributed by atoms with Crippen LogP contribution in [-0.4, -0.2) is 11.6 Å². The summed E-state index contributed by atoms with van der Waals surface area (Å²) in [6.45, 7) is 9.53. The number of hydrogen-bond acceptors (Lipinski definition) is 2. The first-order valence-corrected chi connectivity index (χ1v) is 7.79. The summed E-state index contributed by atoms with van der Waals surface area (Å²) in [6, 6.07) is 0.216. The molecule has 4 saturated carbocycles. The third kappa shape index (κ3) is 1.37. The quantitative estimate of drug-likeness (QED) is 0.792. The zero-order valence-electron chi connectivity index (χ0n) is 12.5. The van der Waals surface area contributed by atoms with Gasteiger partial charge in [-0.25, -0.2) is 0 Å². The Balaban J connectivity index is 2.08. The largest absolute Gasteiger partial charge is 0.326 e. The van der Waals surface area contributed by atoms with Crippen molar-refractivity contribution in [1.29, 1.82) is 0 Å². The van der Waals surface area contributed by atoms with E-state index >= 15 is 0 Å². The van der Waals surface area contributed by atoms with Crippen molar-refractivity contribution in [2.24, 2.45) is 40.1 Å². The Morgan fingerprint density at radius 1 is 0.944 bits per heavy atom. The van der Waals surface area contributed by atoms with Crippen molar-refractivity contribution in [3.8, 4) is 0 Å². The van der Waals surface area contributed by atoms with Gasteiger partial charge < -0.3 is 11.5 Å². The lowest BCUT2D eigenvalue weighted by molar-refractivity contribution is -0.171. The van der Waals surface area contributed by atoms with Gasteiger partial charge >= 0.3 is 0 Å². The number of rotatable bonds is 2. The van der Waals surface area contributed by atoms with Crippen LogP contribution in [0.15, 0.2) is 0 Å². The average Bonchev–Trinajstić information content (AvgIpc) is 2.24. The van der Waals surface area contributed by atoms with Crippen molar-refractivity contribution >= 4 is 0 Å². The Morgan fingerprint density at radius 2 is 1.61 bits per heavy atom. The first-order valence-electron chi connectivity index (χ1n) is 7.79. The first kappa shape index (κ1) is 12.9. The van der Waals surface area contributed by atoms with Crippen LogP contribution < -0.4 is 11.5 Å². The van der Waals surface area contributed by atoms with Crippen LogP contribution in [-0.2, 0) is 0 Å². The highest BCUT2D eigenvalue weighted by atomic mass is 15.0. The molecule has 4 rings (SSSR count). The van der Waals surface area contributed by atoms with Gasteiger partial charge in [0, 0.05) is 11.6 Å². The Labute approximate surface area is 112 Å². The topological polar surface area (TPSA) is 52.0 Å². The van der Waals surface area contributed by atoms with E-state index in [0.717, 1.165) is 11.8 Å². The van der Waals surface area contributed by atoms with Crippen LogP contribution in [0.4, 0.5) is 0 Å². The van der Waals surface area contributed by atoms with Crippen LogP contribution in [0, 0.1) is 28.6 Å². The van der Waals surface area contributed by atoms with Gasteiger partial charge in [-0.3, -0.25) is 0 Å². The molecule has 18 heavy (non-hydrogen) atoms. The highest BCUT2D eigenvalue weighted by Gasteiger charge is 2.67. The summed E-state index contributed by atoms with van der Waals surface area (Å²) < 4.78 is 0. The summed E-state index contributed by atoms with van der Waals surface area (Å²) in [5, 5.41) is 0. The zero-order chi connectivity index (χ0) is 13.3. The molecular weight excluding hydrogens is 220 g/mol. The van der Waals surface area contributed by atoms with Gasteiger partial charge in [0.2, 0.25) is 0 Å². The summed E-state index contributed by atoms with van der Waals surface area (Å²) in [5.74, 6) is 2.24. The maximum Gasteiger partial charge on any atom is 0.0321 e. The fraction of sp³-hybridized carbons (Fsp3) is 1.00. The molecule has 5 unspecified atom stereocenters. The summed E-state index contributed by atoms with van der Waals surface area (Å²) in [7, 11) is 0. The number of nitrogens with two attached hydrogens (primary N) is 2. The highest BCUT2D eigenvalue weighted by Crippen LogP contribution is 2.69. The van der Waals surface area contributed by atoms with Gasteiger partial charge in [0.05, 0.1) is 0 Å². The lowest BCUT2D eigenvalue weighted by atomic mass is 9.36. The minimum Gasteiger partial charge on any atom is -0.326 e. The fourth-order valence-corrected chi connectivity index (χ4v) is 6.02. The predicted molar refractivity (Wildman–Crippen MR) is 76.0 cm³/mol. The van der Waals surface area contributed by atoms with E-state index in [0.29, 0.717) is 16.7 Å². The maximum atomic E-state index is 6.79. The average molecular weight is 250 g/mol. The SMILES string of the molecule is CC(C)C12CC3CC(N)(C1)C(N)C(C(C)C)(C3)C2. The molecule has 4 N–H and O–H groups in total. The van der Waals surface area contributed by atoms with Crippen molar-refractivity contribution in [2.45, 2.75) is 71.4 Å². The van der Waals surface area contributed by atoms with Crippen LogP contribution in [0.3, 0.4) is 0 Å². The van der Waals surface area contributed by atoms with E-state index in [2.05, 4.69) is 27.7 Å². The van der Waals surface area contributed by atoms with Crippen molar-refractivity contribution in [2.75, 3.05) is 0 Å². The molecule has 104 valence electrons. The van der Waals surface area contributed by atoms with Crippen molar-refractivity contribution in [1.82, 2.24) is 0 Å². The Kier molecular flexibility index (Phi) is 2.53. The van der Waals surface area contributed by atoms with Gasteiger partial charge in [0.15, 0.2) is 0 Å². The fourth-order valence-electron chi connectivity index (χ4n) is 6.02. The predicted octanol–water partition coefficient (Wildman–Crippen LogP) is 2.90. The molecule has 0 aliphatic heterocycles. The monoisotopic (exact) mass is 250 g/mol. The minimum atomic E-state index is -0.0754. The molecule has 5 atom stereocenters. The normalized spacial score (nSPS) is 54.7. The second-order valence-electron chi connectivity index (χ2n) is 8.45. The molecule has 0 aromatic rings. The van der Waals surface area contributed by atoms with Gasteiger partial charge in [-0.1, -0.05) is 27.7 Å². The van der Waals surface area contributed by atoms with Gasteiger partial charge in [0.1, 0.15) is 0 Å². The third-order valence-electron chi connectivity index (χ3n) is 7.01. The molecule has 0 aromatic carbocycles. The third-order valence-corrected chi connectivity index (χ3v) is 7.01. The summed E-state index contributed by atoms with van der Waals surface area (Å²) in [5.41, 5.74) is 14.2. The van der Waals surface area contributed by atoms with Crippen molar-refractivity contribution < 1.29 is 0 Å². The molecule has 0 amide bonds. The van der Waals surface area contributed by atoms with Crippen molar-refractivity contribution in [3.05, 3.63) is 0 Å². The molecule has 0 saturated heterocycles. The summed E-state index contributed by atoms with van der Waals surface area (Å²) in [4.78, 5) is 0. The van der Waals surface area contributed by atoms with E-state index in [1.54, 1.807) is 0 Å². The van der Waals surface area contributed by atoms with Crippen LogP contribution in [0.2, 0.25) is 0 Å². The minimum absolute atomic E-state index is 0.0754. The smallest absolute Gasteiger partial charge is 0.0321 e. The van der Waals surface area contributed by atoms with Crippen LogP contribution in [0.25, 0.3) is 0 Å². The van der Waals surface area contributed by atoms with E-state index in [9.17, 15) is 0 Å². The van der Waals surface area contributed by atoms with E-state index in [4.69, 9.17) is 11.5 Å². The molecule has 4 aliphatic rings. The molecule has 2 heteroatoms. The summed E-state index contributed by atoms with van der Waals surface area (Å²) in [6.07, 6.45) is 6.41. The first-order chi connectivity index (χ1) is 8.24. The van der Waals surface area contributed by atoms with Gasteiger partial charge in [-0.05, 0) is 60.7 Å². The van der Waals surface area contributed by atoms with E-state index < -0.39 is 0 Å². The Hall–Kier alpha value is -0.0800. The molecule has 2 nitrogen and oxygen atoms in total. The van der Waals surface area contributed by atoms with E-state index in [1.807, 2.05) is 0 Å². The molecule has 0 heterocycles. The lowest BCUT2D eigenvalue weighted by Crippen LogP contribution is -2.76. The lowest BCUT2D eigenvalue weighted by Gasteiger charge is -2.71. The molecule has 0 radical (unpaired) electrons. The molecule has 0 aromatic heterocycles. The second-order valence-corrected chi connectivity index (χ2v) is 8.45. The zero-order valence-corrected chi connectivity index (χ0v) is 12.5. The molecule has 4 fully saturated rings. The standard InChI is InChI=1S/C16H30N2/c1-10(2)14-5-12-6-15(8-14,11(3)4)13(17)16(18,7-12)9-14/h10-13H,5-9,17-18H2,1-4H3. The number of hydrogen-bond donors (Lipinski definition) is 2. The molecule has 0 spiro atoms. The second kappa shape index (κ2) is 3.52. The van der Waals surface area contributed by atoms with E-state index in [-0.39, 0.29) is 11.6 Å². The molecular formula is C16H30N2. The van der Waals surface area contributed by atoms with Crippen molar-refractivity contribution in [3.63, 3.8) is 0 Å². The maximum absolute atomic E-state index is 6.79. The van der Waals surface area contributed by atoms with Crippen LogP contribution in [0.1, 0.15) is 59.8 Å². The molecule has 4 aliphatic carbocycles.